The van der Waals surface area contributed by atoms with Gasteiger partial charge in [-0.3, -0.25) is 19.7 Å². The lowest BCUT2D eigenvalue weighted by atomic mass is 9.89. The van der Waals surface area contributed by atoms with E-state index in [0.717, 1.165) is 31.4 Å². The van der Waals surface area contributed by atoms with Crippen LogP contribution in [0.1, 0.15) is 82.4 Å². The molecule has 1 aliphatic heterocycles. The number of aromatic amines is 1. The van der Waals surface area contributed by atoms with Crippen LogP contribution in [0.4, 0.5) is 0 Å². The number of pyridine rings is 1. The zero-order valence-corrected chi connectivity index (χ0v) is 20.3. The van der Waals surface area contributed by atoms with Gasteiger partial charge >= 0.3 is 0 Å². The molecule has 1 aromatic carbocycles. The van der Waals surface area contributed by atoms with E-state index in [-0.39, 0.29) is 18.1 Å². The first-order valence-electron chi connectivity index (χ1n) is 12.2. The van der Waals surface area contributed by atoms with E-state index >= 15 is 0 Å². The van der Waals surface area contributed by atoms with Gasteiger partial charge in [0.25, 0.3) is 5.91 Å². The number of nitriles is 1. The number of benzene rings is 1. The van der Waals surface area contributed by atoms with Crippen molar-refractivity contribution in [2.45, 2.75) is 51.9 Å². The molecule has 1 amide bonds. The van der Waals surface area contributed by atoms with Crippen LogP contribution in [0, 0.1) is 17.2 Å². The van der Waals surface area contributed by atoms with Crippen molar-refractivity contribution < 1.29 is 9.59 Å². The van der Waals surface area contributed by atoms with Gasteiger partial charge in [0.05, 0.1) is 18.1 Å². The molecule has 0 aliphatic carbocycles. The number of amides is 1. The molecule has 0 radical (unpaired) electrons. The van der Waals surface area contributed by atoms with Gasteiger partial charge in [0, 0.05) is 36.2 Å². The Morgan fingerprint density at radius 2 is 1.89 bits per heavy atom. The van der Waals surface area contributed by atoms with E-state index in [1.807, 2.05) is 41.3 Å². The van der Waals surface area contributed by atoms with Gasteiger partial charge in [-0.15, -0.1) is 0 Å². The Labute approximate surface area is 206 Å². The fourth-order valence-electron chi connectivity index (χ4n) is 4.42. The molecule has 0 unspecified atom stereocenters. The minimum Gasteiger partial charge on any atom is -0.337 e. The summed E-state index contributed by atoms with van der Waals surface area (Å²) in [5, 5.41) is 16.0. The molecule has 1 aliphatic rings. The molecule has 35 heavy (non-hydrogen) atoms. The number of carbonyl (C=O) groups is 2. The van der Waals surface area contributed by atoms with Gasteiger partial charge in [0.1, 0.15) is 5.69 Å². The van der Waals surface area contributed by atoms with Crippen molar-refractivity contribution in [2.75, 3.05) is 13.1 Å². The molecule has 4 rings (SSSR count). The number of nitrogens with one attached hydrogen (secondary N) is 1. The number of aromatic nitrogens is 3. The van der Waals surface area contributed by atoms with Crippen molar-refractivity contribution in [2.24, 2.45) is 5.92 Å². The van der Waals surface area contributed by atoms with Crippen LogP contribution in [0.15, 0.2) is 48.7 Å². The third-order valence-corrected chi connectivity index (χ3v) is 6.62. The first-order valence-corrected chi connectivity index (χ1v) is 12.2. The summed E-state index contributed by atoms with van der Waals surface area (Å²) < 4.78 is 0. The van der Waals surface area contributed by atoms with Gasteiger partial charge in [-0.2, -0.15) is 10.4 Å². The number of Topliss-reactive ketones (excluding diaryl/α,β-unsaturated/α-hetero) is 1. The highest BCUT2D eigenvalue weighted by Gasteiger charge is 2.26. The Morgan fingerprint density at radius 3 is 2.51 bits per heavy atom. The highest BCUT2D eigenvalue weighted by molar-refractivity contribution is 5.97. The lowest BCUT2D eigenvalue weighted by molar-refractivity contribution is 0.0706. The van der Waals surface area contributed by atoms with Crippen LogP contribution in [-0.4, -0.2) is 44.9 Å². The van der Waals surface area contributed by atoms with Crippen LogP contribution in [0.2, 0.25) is 0 Å². The number of hydrogen-bond acceptors (Lipinski definition) is 5. The molecule has 0 bridgehead atoms. The van der Waals surface area contributed by atoms with Crippen molar-refractivity contribution in [1.29, 1.82) is 5.26 Å². The number of hydrogen-bond donors (Lipinski definition) is 1. The van der Waals surface area contributed by atoms with Crippen LogP contribution in [0.25, 0.3) is 0 Å². The molecule has 3 heterocycles. The second-order valence-corrected chi connectivity index (χ2v) is 9.65. The number of likely N-dealkylation sites (tertiary alicyclic amines) is 1. The summed E-state index contributed by atoms with van der Waals surface area (Å²) in [6.07, 6.45) is 5.49. The molecule has 180 valence electrons. The topological polar surface area (TPSA) is 103 Å². The summed E-state index contributed by atoms with van der Waals surface area (Å²) >= 11 is 0. The Bertz CT molecular complexity index is 1200. The van der Waals surface area contributed by atoms with E-state index in [2.05, 4.69) is 35.1 Å². The van der Waals surface area contributed by atoms with Crippen molar-refractivity contribution >= 4 is 11.7 Å². The molecule has 3 aromatic rings. The Hall–Kier alpha value is -3.79. The Balaban J connectivity index is 1.30. The average molecular weight is 470 g/mol. The normalized spacial score (nSPS) is 14.2. The van der Waals surface area contributed by atoms with Crippen molar-refractivity contribution in [3.05, 3.63) is 82.4 Å². The van der Waals surface area contributed by atoms with E-state index in [1.165, 1.54) is 5.56 Å². The minimum atomic E-state index is -0.116. The summed E-state index contributed by atoms with van der Waals surface area (Å²) in [5.41, 5.74) is 4.38. The van der Waals surface area contributed by atoms with Gasteiger partial charge in [-0.25, -0.2) is 0 Å². The lowest BCUT2D eigenvalue weighted by Gasteiger charge is -2.31. The third-order valence-electron chi connectivity index (χ3n) is 6.62. The highest BCUT2D eigenvalue weighted by atomic mass is 16.2. The molecule has 0 saturated carbocycles. The maximum absolute atomic E-state index is 13.0. The van der Waals surface area contributed by atoms with Gasteiger partial charge in [0.15, 0.2) is 5.78 Å². The van der Waals surface area contributed by atoms with Crippen LogP contribution in [-0.2, 0) is 12.8 Å². The highest BCUT2D eigenvalue weighted by Crippen LogP contribution is 2.28. The number of H-pyrrole nitrogens is 1. The number of nitrogens with zero attached hydrogens (tertiary/aromatic N) is 4. The number of ketones is 1. The second-order valence-electron chi connectivity index (χ2n) is 9.65. The first kappa shape index (κ1) is 24.3. The van der Waals surface area contributed by atoms with Crippen LogP contribution in [0.3, 0.4) is 0 Å². The maximum Gasteiger partial charge on any atom is 0.274 e. The molecular weight excluding hydrogens is 438 g/mol. The van der Waals surface area contributed by atoms with Crippen molar-refractivity contribution in [3.63, 3.8) is 0 Å². The van der Waals surface area contributed by atoms with Crippen LogP contribution in [0.5, 0.6) is 0 Å². The molecule has 1 saturated heterocycles. The summed E-state index contributed by atoms with van der Waals surface area (Å²) in [7, 11) is 0. The SMILES string of the molecule is CC(C)CCc1ccc(C(=O)Cc2cc(C(=O)N3CCC(c4ccc(C#N)cc4)CC3)n[nH]2)cn1. The van der Waals surface area contributed by atoms with E-state index < -0.39 is 0 Å². The first-order chi connectivity index (χ1) is 16.9. The zero-order valence-electron chi connectivity index (χ0n) is 20.3. The van der Waals surface area contributed by atoms with E-state index in [4.69, 9.17) is 5.26 Å². The summed E-state index contributed by atoms with van der Waals surface area (Å²) in [4.78, 5) is 31.9. The quantitative estimate of drug-likeness (QED) is 0.481. The molecule has 0 spiro atoms. The predicted octanol–water partition coefficient (Wildman–Crippen LogP) is 4.71. The molecule has 2 aromatic heterocycles. The largest absolute Gasteiger partial charge is 0.337 e. The third kappa shape index (κ3) is 6.21. The average Bonchev–Trinajstić information content (AvgIpc) is 3.36. The number of carbonyl (C=O) groups excluding carboxylic acids is 2. The Kier molecular flexibility index (Phi) is 7.71. The summed E-state index contributed by atoms with van der Waals surface area (Å²) in [6.45, 7) is 5.67. The Morgan fingerprint density at radius 1 is 1.14 bits per heavy atom. The van der Waals surface area contributed by atoms with E-state index in [0.29, 0.717) is 47.4 Å². The second kappa shape index (κ2) is 11.1. The number of piperidine rings is 1. The van der Waals surface area contributed by atoms with Gasteiger partial charge in [-0.1, -0.05) is 26.0 Å². The van der Waals surface area contributed by atoms with E-state index in [9.17, 15) is 9.59 Å². The molecule has 7 nitrogen and oxygen atoms in total. The number of rotatable bonds is 8. The van der Waals surface area contributed by atoms with Crippen LogP contribution < -0.4 is 0 Å². The maximum atomic E-state index is 13.0. The van der Waals surface area contributed by atoms with Crippen molar-refractivity contribution in [3.8, 4) is 6.07 Å². The van der Waals surface area contributed by atoms with Crippen molar-refractivity contribution in [1.82, 2.24) is 20.1 Å². The molecule has 1 fully saturated rings. The monoisotopic (exact) mass is 469 g/mol. The standard InChI is InChI=1S/C28H31N5O2/c1-19(2)3-9-24-10-8-23(18-30-24)27(34)16-25-15-26(32-31-25)28(35)33-13-11-22(12-14-33)21-6-4-20(17-29)5-7-21/h4-8,10,15,18-19,22H,3,9,11-14,16H2,1-2H3,(H,31,32). The molecule has 7 heteroatoms. The fourth-order valence-corrected chi connectivity index (χ4v) is 4.42. The van der Waals surface area contributed by atoms with E-state index in [1.54, 1.807) is 12.3 Å². The lowest BCUT2D eigenvalue weighted by Crippen LogP contribution is -2.38. The zero-order chi connectivity index (χ0) is 24.8. The fraction of sp³-hybridized carbons (Fsp3) is 0.393. The summed E-state index contributed by atoms with van der Waals surface area (Å²) in [5.74, 6) is 0.821. The predicted molar refractivity (Wildman–Crippen MR) is 133 cm³/mol. The smallest absolute Gasteiger partial charge is 0.274 e. The number of aryl methyl sites for hydroxylation is 1. The van der Waals surface area contributed by atoms with Crippen LogP contribution >= 0.6 is 0 Å². The molecule has 1 N–H and O–H groups in total. The van der Waals surface area contributed by atoms with Gasteiger partial charge in [-0.05, 0) is 73.4 Å². The van der Waals surface area contributed by atoms with Gasteiger partial charge < -0.3 is 4.90 Å². The molecule has 0 atom stereocenters. The molecular formula is C28H31N5O2. The van der Waals surface area contributed by atoms with Gasteiger partial charge in [0.2, 0.25) is 0 Å². The summed E-state index contributed by atoms with van der Waals surface area (Å²) in [6, 6.07) is 15.3. The minimum absolute atomic E-state index is 0.0567.